The van der Waals surface area contributed by atoms with Crippen LogP contribution in [0.3, 0.4) is 0 Å². The molecular formula is C16H42O4SnTi. The molecule has 6 heteroatoms. The second-order valence-electron chi connectivity index (χ2n) is 4.31. The van der Waals surface area contributed by atoms with Crippen LogP contribution in [-0.2, 0) is 21.7 Å². The van der Waals surface area contributed by atoms with Crippen molar-refractivity contribution in [3.8, 4) is 0 Å². The van der Waals surface area contributed by atoms with E-state index in [4.69, 9.17) is 20.4 Å². The summed E-state index contributed by atoms with van der Waals surface area (Å²) in [7, 11) is 0. The zero-order valence-electron chi connectivity index (χ0n) is 15.5. The van der Waals surface area contributed by atoms with Gasteiger partial charge in [-0.15, -0.1) is 0 Å². The fraction of sp³-hybridized carbons (Fsp3) is 1.00. The number of aliphatic hydroxyl groups excluding tert-OH is 4. The van der Waals surface area contributed by atoms with Crippen molar-refractivity contribution in [3.05, 3.63) is 0 Å². The average molecular weight is 465 g/mol. The first kappa shape index (κ1) is 38.7. The van der Waals surface area contributed by atoms with Gasteiger partial charge in [0.1, 0.15) is 0 Å². The maximum atomic E-state index is 8.07. The van der Waals surface area contributed by atoms with Crippen molar-refractivity contribution in [2.45, 2.75) is 79.1 Å². The molecule has 0 atom stereocenters. The van der Waals surface area contributed by atoms with Crippen LogP contribution < -0.4 is 0 Å². The first-order valence-corrected chi connectivity index (χ1v) is 8.09. The van der Waals surface area contributed by atoms with Gasteiger partial charge in [0.25, 0.3) is 0 Å². The Hall–Kier alpha value is 1.35. The molecule has 0 aromatic heterocycles. The van der Waals surface area contributed by atoms with E-state index in [1.807, 2.05) is 0 Å². The minimum absolute atomic E-state index is 0. The summed E-state index contributed by atoms with van der Waals surface area (Å²) in [6, 6.07) is 0. The molecule has 0 saturated carbocycles. The smallest absolute Gasteiger partial charge is 0 e. The van der Waals surface area contributed by atoms with Gasteiger partial charge in [-0.05, 0) is 25.7 Å². The van der Waals surface area contributed by atoms with E-state index in [1.54, 1.807) is 0 Å². The molecule has 0 spiro atoms. The zero-order chi connectivity index (χ0) is 16.5. The molecular weight excluding hydrogens is 423 g/mol. The minimum Gasteiger partial charge on any atom is 0 e. The first-order valence-electron chi connectivity index (χ1n) is 8.09. The molecule has 138 valence electrons. The number of unbranched alkanes of at least 4 members (excludes halogenated alkanes) is 4. The van der Waals surface area contributed by atoms with Gasteiger partial charge in [0.15, 0.2) is 0 Å². The summed E-state index contributed by atoms with van der Waals surface area (Å²) < 4.78 is 0. The largest absolute Gasteiger partial charge is 0 e. The molecule has 0 fully saturated rings. The second-order valence-corrected chi connectivity index (χ2v) is 4.31. The van der Waals surface area contributed by atoms with E-state index in [0.29, 0.717) is 26.4 Å². The van der Waals surface area contributed by atoms with Gasteiger partial charge >= 0.3 is 23.9 Å². The number of hydrogen-bond donors (Lipinski definition) is 4. The third-order valence-corrected chi connectivity index (χ3v) is 2.05. The molecule has 0 aromatic rings. The summed E-state index contributed by atoms with van der Waals surface area (Å²) in [4.78, 5) is 0. The molecule has 0 heterocycles. The molecule has 2 radical (unpaired) electrons. The number of rotatable bonds is 8. The molecule has 22 heavy (non-hydrogen) atoms. The second kappa shape index (κ2) is 57.2. The van der Waals surface area contributed by atoms with E-state index in [9.17, 15) is 0 Å². The fourth-order valence-electron chi connectivity index (χ4n) is 0.632. The van der Waals surface area contributed by atoms with Crippen molar-refractivity contribution in [2.24, 2.45) is 0 Å². The van der Waals surface area contributed by atoms with E-state index < -0.39 is 0 Å². The minimum atomic E-state index is 0. The molecule has 0 rings (SSSR count). The summed E-state index contributed by atoms with van der Waals surface area (Å²) in [5.41, 5.74) is 0. The number of aliphatic hydroxyl groups is 4. The fourth-order valence-corrected chi connectivity index (χ4v) is 0.632. The third-order valence-electron chi connectivity index (χ3n) is 2.05. The van der Waals surface area contributed by atoms with Crippen LogP contribution in [0.15, 0.2) is 0 Å². The first-order chi connectivity index (χ1) is 9.66. The molecule has 0 saturated heterocycles. The van der Waals surface area contributed by atoms with Gasteiger partial charge in [-0.25, -0.2) is 0 Å². The van der Waals surface area contributed by atoms with Crippen LogP contribution in [0.1, 0.15) is 79.1 Å². The van der Waals surface area contributed by atoms with Crippen molar-refractivity contribution in [3.63, 3.8) is 0 Å². The molecule has 0 bridgehead atoms. The molecule has 0 aliphatic rings. The van der Waals surface area contributed by atoms with Crippen molar-refractivity contribution < 1.29 is 42.1 Å². The quantitative estimate of drug-likeness (QED) is 0.415. The molecule has 0 aromatic carbocycles. The van der Waals surface area contributed by atoms with E-state index in [0.717, 1.165) is 51.4 Å². The molecule has 4 nitrogen and oxygen atoms in total. The summed E-state index contributed by atoms with van der Waals surface area (Å²) >= 11 is 0. The third kappa shape index (κ3) is 101. The maximum absolute atomic E-state index is 8.07. The average Bonchev–Trinajstić information content (AvgIpc) is 2.44. The van der Waals surface area contributed by atoms with Crippen molar-refractivity contribution in [1.82, 2.24) is 0 Å². The summed E-state index contributed by atoms with van der Waals surface area (Å²) in [6.45, 7) is 9.58. The van der Waals surface area contributed by atoms with Crippen LogP contribution in [0.4, 0.5) is 0 Å². The maximum Gasteiger partial charge on any atom is 0 e. The number of hydrogen-bond acceptors (Lipinski definition) is 4. The Labute approximate surface area is 170 Å². The van der Waals surface area contributed by atoms with Gasteiger partial charge in [-0.2, -0.15) is 0 Å². The summed E-state index contributed by atoms with van der Waals surface area (Å²) in [6.07, 6.45) is 8.15. The van der Waals surface area contributed by atoms with Crippen molar-refractivity contribution >= 4 is 23.9 Å². The molecule has 0 aliphatic carbocycles. The van der Waals surface area contributed by atoms with Gasteiger partial charge in [-0.3, -0.25) is 0 Å². The monoisotopic (exact) mass is 466 g/mol. The van der Waals surface area contributed by atoms with Crippen LogP contribution >= 0.6 is 0 Å². The van der Waals surface area contributed by atoms with E-state index in [-0.39, 0.29) is 45.6 Å². The van der Waals surface area contributed by atoms with E-state index in [2.05, 4.69) is 27.7 Å². The molecule has 0 aliphatic heterocycles. The SMILES string of the molecule is CCCCO.CCCCO.CCCCO.CCCCO.[SnH2].[Ti]. The van der Waals surface area contributed by atoms with Crippen LogP contribution in [-0.4, -0.2) is 70.8 Å². The Bertz CT molecular complexity index is 80.1. The Kier molecular flexibility index (Phi) is 101. The molecule has 0 unspecified atom stereocenters. The van der Waals surface area contributed by atoms with Crippen LogP contribution in [0.25, 0.3) is 0 Å². The van der Waals surface area contributed by atoms with Crippen LogP contribution in [0, 0.1) is 0 Å². The van der Waals surface area contributed by atoms with Gasteiger partial charge < -0.3 is 20.4 Å². The van der Waals surface area contributed by atoms with E-state index >= 15 is 0 Å². The Morgan fingerprint density at radius 3 is 0.591 bits per heavy atom. The van der Waals surface area contributed by atoms with Crippen molar-refractivity contribution in [2.75, 3.05) is 26.4 Å². The predicted molar refractivity (Wildman–Crippen MR) is 96.5 cm³/mol. The topological polar surface area (TPSA) is 80.9 Å². The molecule has 4 N–H and O–H groups in total. The van der Waals surface area contributed by atoms with Gasteiger partial charge in [-0.1, -0.05) is 53.4 Å². The van der Waals surface area contributed by atoms with E-state index in [1.165, 1.54) is 0 Å². The van der Waals surface area contributed by atoms with Gasteiger partial charge in [0.05, 0.1) is 0 Å². The molecule has 0 amide bonds. The predicted octanol–water partition coefficient (Wildman–Crippen LogP) is 2.20. The van der Waals surface area contributed by atoms with Crippen molar-refractivity contribution in [1.29, 1.82) is 0 Å². The Morgan fingerprint density at radius 1 is 0.455 bits per heavy atom. The van der Waals surface area contributed by atoms with Gasteiger partial charge in [0, 0.05) is 48.1 Å². The summed E-state index contributed by atoms with van der Waals surface area (Å²) in [5, 5.41) is 32.3. The Balaban J connectivity index is -0.0000000376. The Morgan fingerprint density at radius 2 is 0.591 bits per heavy atom. The van der Waals surface area contributed by atoms with Gasteiger partial charge in [0.2, 0.25) is 0 Å². The summed E-state index contributed by atoms with van der Waals surface area (Å²) in [5.74, 6) is 0. The standard InChI is InChI=1S/4C4H10O.Sn.Ti.2H/c4*1-2-3-4-5;;;;/h4*5H,2-4H2,1H3;;;;. The zero-order valence-corrected chi connectivity index (χ0v) is 21.1. The normalized spacial score (nSPS) is 7.64. The van der Waals surface area contributed by atoms with Crippen LogP contribution in [0.5, 0.6) is 0 Å². The van der Waals surface area contributed by atoms with Crippen LogP contribution in [0.2, 0.25) is 0 Å².